The van der Waals surface area contributed by atoms with Crippen molar-refractivity contribution in [1.82, 2.24) is 15.1 Å². The molecule has 1 aromatic heterocycles. The molecule has 2 aliphatic heterocycles. The maximum Gasteiger partial charge on any atom is 0.269 e. The second-order valence-electron chi connectivity index (χ2n) is 8.54. The van der Waals surface area contributed by atoms with E-state index in [2.05, 4.69) is 38.4 Å². The van der Waals surface area contributed by atoms with Gasteiger partial charge in [-0.2, -0.15) is 5.10 Å². The van der Waals surface area contributed by atoms with E-state index in [4.69, 9.17) is 9.47 Å². The predicted molar refractivity (Wildman–Crippen MR) is 128 cm³/mol. The fourth-order valence-corrected chi connectivity index (χ4v) is 4.32. The van der Waals surface area contributed by atoms with Crippen LogP contribution in [0.3, 0.4) is 0 Å². The van der Waals surface area contributed by atoms with E-state index in [1.807, 2.05) is 42.6 Å². The van der Waals surface area contributed by atoms with Gasteiger partial charge in [-0.25, -0.2) is 0 Å². The molecule has 1 unspecified atom stereocenters. The number of rotatable bonds is 7. The first kappa shape index (κ1) is 21.3. The Balaban J connectivity index is 1.34. The minimum absolute atomic E-state index is 0.177. The summed E-state index contributed by atoms with van der Waals surface area (Å²) in [5, 5.41) is 10.0. The molecule has 0 aliphatic carbocycles. The van der Waals surface area contributed by atoms with Crippen LogP contribution in [-0.2, 0) is 4.79 Å². The number of anilines is 2. The Bertz CT molecular complexity index is 1100. The number of amides is 1. The van der Waals surface area contributed by atoms with Gasteiger partial charge < -0.3 is 24.6 Å². The highest BCUT2D eigenvalue weighted by molar-refractivity contribution is 5.98. The number of fused-ring (bicyclic) bond motifs is 1. The van der Waals surface area contributed by atoms with E-state index in [-0.39, 0.29) is 12.5 Å². The molecule has 0 bridgehead atoms. The fraction of sp³-hybridized carbons (Fsp3) is 0.360. The number of nitrogens with zero attached hydrogens (tertiary/aromatic N) is 3. The Hall–Kier alpha value is -3.52. The number of H-pyrrole nitrogens is 1. The lowest BCUT2D eigenvalue weighted by Crippen LogP contribution is -2.40. The zero-order valence-corrected chi connectivity index (χ0v) is 18.8. The summed E-state index contributed by atoms with van der Waals surface area (Å²) in [6, 6.07) is 13.4. The summed E-state index contributed by atoms with van der Waals surface area (Å²) in [6.07, 6.45) is 5.50. The Kier molecular flexibility index (Phi) is 6.17. The van der Waals surface area contributed by atoms with E-state index in [0.29, 0.717) is 11.5 Å². The third-order valence-electron chi connectivity index (χ3n) is 6.25. The summed E-state index contributed by atoms with van der Waals surface area (Å²) in [5.41, 5.74) is 3.75. The molecule has 5 rings (SSSR count). The van der Waals surface area contributed by atoms with E-state index in [1.165, 1.54) is 12.8 Å². The molecule has 8 heteroatoms. The first-order chi connectivity index (χ1) is 16.2. The highest BCUT2D eigenvalue weighted by Gasteiger charge is 2.28. The van der Waals surface area contributed by atoms with Crippen molar-refractivity contribution in [3.63, 3.8) is 0 Å². The summed E-state index contributed by atoms with van der Waals surface area (Å²) in [4.78, 5) is 17.8. The maximum atomic E-state index is 13.1. The Labute approximate surface area is 193 Å². The lowest BCUT2D eigenvalue weighted by atomic mass is 10.1. The Morgan fingerprint density at radius 3 is 2.79 bits per heavy atom. The van der Waals surface area contributed by atoms with Crippen LogP contribution in [0, 0.1) is 0 Å². The number of aromatic amines is 1. The van der Waals surface area contributed by atoms with Crippen molar-refractivity contribution in [2.45, 2.75) is 18.9 Å². The van der Waals surface area contributed by atoms with Crippen LogP contribution in [0.5, 0.6) is 11.5 Å². The minimum Gasteiger partial charge on any atom is -0.485 e. The van der Waals surface area contributed by atoms with Gasteiger partial charge in [-0.15, -0.1) is 0 Å². The molecule has 2 aromatic carbocycles. The quantitative estimate of drug-likeness (QED) is 0.578. The number of para-hydroxylation sites is 2. The molecule has 2 aliphatic rings. The van der Waals surface area contributed by atoms with Gasteiger partial charge in [0, 0.05) is 31.9 Å². The van der Waals surface area contributed by atoms with Gasteiger partial charge in [0.2, 0.25) is 6.10 Å². The number of carbonyl (C=O) groups is 1. The zero-order chi connectivity index (χ0) is 22.6. The SMILES string of the molecule is CN(CCN1CCCC1)c1cc(-c2cn[nH]c2)ccc1NC(=O)C1COc2ccccc2O1. The van der Waals surface area contributed by atoms with Crippen LogP contribution in [0.2, 0.25) is 0 Å². The number of nitrogens with one attached hydrogen (secondary N) is 2. The molecule has 172 valence electrons. The Morgan fingerprint density at radius 2 is 2.00 bits per heavy atom. The summed E-state index contributed by atoms with van der Waals surface area (Å²) in [6.45, 7) is 4.36. The van der Waals surface area contributed by atoms with E-state index in [9.17, 15) is 4.79 Å². The smallest absolute Gasteiger partial charge is 0.269 e. The molecule has 8 nitrogen and oxygen atoms in total. The van der Waals surface area contributed by atoms with Crippen molar-refractivity contribution in [1.29, 1.82) is 0 Å². The number of hydrogen-bond acceptors (Lipinski definition) is 6. The molecule has 0 saturated carbocycles. The van der Waals surface area contributed by atoms with Crippen molar-refractivity contribution < 1.29 is 14.3 Å². The summed E-state index contributed by atoms with van der Waals surface area (Å²) in [7, 11) is 2.07. The van der Waals surface area contributed by atoms with Gasteiger partial charge in [0.25, 0.3) is 5.91 Å². The topological polar surface area (TPSA) is 82.7 Å². The normalized spacial score (nSPS) is 17.7. The number of aromatic nitrogens is 2. The molecule has 1 atom stereocenters. The molecule has 1 amide bonds. The molecule has 1 fully saturated rings. The monoisotopic (exact) mass is 447 g/mol. The number of hydrogen-bond donors (Lipinski definition) is 2. The van der Waals surface area contributed by atoms with Crippen molar-refractivity contribution in [2.75, 3.05) is 50.1 Å². The van der Waals surface area contributed by atoms with E-state index in [1.54, 1.807) is 6.20 Å². The van der Waals surface area contributed by atoms with E-state index >= 15 is 0 Å². The lowest BCUT2D eigenvalue weighted by Gasteiger charge is -2.28. The van der Waals surface area contributed by atoms with Crippen molar-refractivity contribution >= 4 is 17.3 Å². The molecule has 33 heavy (non-hydrogen) atoms. The third-order valence-corrected chi connectivity index (χ3v) is 6.25. The number of carbonyl (C=O) groups excluding carboxylic acids is 1. The van der Waals surface area contributed by atoms with Crippen LogP contribution in [0.15, 0.2) is 54.9 Å². The zero-order valence-electron chi connectivity index (χ0n) is 18.8. The van der Waals surface area contributed by atoms with Gasteiger partial charge in [0.05, 0.1) is 17.6 Å². The summed E-state index contributed by atoms with van der Waals surface area (Å²) >= 11 is 0. The third kappa shape index (κ3) is 4.80. The standard InChI is InChI=1S/C25H29N5O3/c1-29(12-13-30-10-4-5-11-30)21-14-18(19-15-26-27-16-19)8-9-20(21)28-25(31)24-17-32-22-6-2-3-7-23(22)33-24/h2-3,6-9,14-16,24H,4-5,10-13,17H2,1H3,(H,26,27)(H,28,31). The highest BCUT2D eigenvalue weighted by atomic mass is 16.6. The van der Waals surface area contributed by atoms with Gasteiger partial charge in [-0.3, -0.25) is 9.89 Å². The predicted octanol–water partition coefficient (Wildman–Crippen LogP) is 3.39. The van der Waals surface area contributed by atoms with Crippen molar-refractivity contribution in [3.05, 3.63) is 54.9 Å². The lowest BCUT2D eigenvalue weighted by molar-refractivity contribution is -0.125. The van der Waals surface area contributed by atoms with Crippen molar-refractivity contribution in [3.8, 4) is 22.6 Å². The molecular weight excluding hydrogens is 418 g/mol. The van der Waals surface area contributed by atoms with E-state index in [0.717, 1.165) is 48.7 Å². The average Bonchev–Trinajstić information content (AvgIpc) is 3.57. The molecule has 3 heterocycles. The van der Waals surface area contributed by atoms with E-state index < -0.39 is 6.10 Å². The summed E-state index contributed by atoms with van der Waals surface area (Å²) in [5.74, 6) is 1.02. The van der Waals surface area contributed by atoms with Crippen LogP contribution < -0.4 is 19.7 Å². The fourth-order valence-electron chi connectivity index (χ4n) is 4.32. The number of likely N-dealkylation sites (tertiary alicyclic amines) is 1. The molecule has 3 aromatic rings. The molecule has 0 spiro atoms. The largest absolute Gasteiger partial charge is 0.485 e. The molecule has 0 radical (unpaired) electrons. The van der Waals surface area contributed by atoms with Crippen LogP contribution in [0.4, 0.5) is 11.4 Å². The number of ether oxygens (including phenoxy) is 2. The van der Waals surface area contributed by atoms with Gasteiger partial charge in [-0.1, -0.05) is 18.2 Å². The minimum atomic E-state index is -0.712. The van der Waals surface area contributed by atoms with Gasteiger partial charge in [-0.05, 0) is 55.8 Å². The number of likely N-dealkylation sites (N-methyl/N-ethyl adjacent to an activating group) is 1. The summed E-state index contributed by atoms with van der Waals surface area (Å²) < 4.78 is 11.6. The highest BCUT2D eigenvalue weighted by Crippen LogP contribution is 2.33. The van der Waals surface area contributed by atoms with Gasteiger partial charge >= 0.3 is 0 Å². The van der Waals surface area contributed by atoms with Gasteiger partial charge in [0.1, 0.15) is 6.61 Å². The van der Waals surface area contributed by atoms with Crippen LogP contribution in [0.25, 0.3) is 11.1 Å². The van der Waals surface area contributed by atoms with Crippen molar-refractivity contribution in [2.24, 2.45) is 0 Å². The second kappa shape index (κ2) is 9.54. The molecule has 1 saturated heterocycles. The van der Waals surface area contributed by atoms with Gasteiger partial charge in [0.15, 0.2) is 11.5 Å². The second-order valence-corrected chi connectivity index (χ2v) is 8.54. The van der Waals surface area contributed by atoms with Crippen LogP contribution in [-0.4, -0.2) is 66.9 Å². The Morgan fingerprint density at radius 1 is 1.18 bits per heavy atom. The maximum absolute atomic E-state index is 13.1. The number of benzene rings is 2. The molecular formula is C25H29N5O3. The molecule has 2 N–H and O–H groups in total. The first-order valence-electron chi connectivity index (χ1n) is 11.4. The average molecular weight is 448 g/mol. The van der Waals surface area contributed by atoms with Crippen LogP contribution >= 0.6 is 0 Å². The first-order valence-corrected chi connectivity index (χ1v) is 11.4. The van der Waals surface area contributed by atoms with Crippen LogP contribution in [0.1, 0.15) is 12.8 Å².